The van der Waals surface area contributed by atoms with Crippen LogP contribution in [0.2, 0.25) is 0 Å². The number of halogens is 2. The molecule has 0 saturated carbocycles. The lowest BCUT2D eigenvalue weighted by atomic mass is 10.1. The average molecular weight is 354 g/mol. The third kappa shape index (κ3) is 3.46. The summed E-state index contributed by atoms with van der Waals surface area (Å²) in [7, 11) is 0. The van der Waals surface area contributed by atoms with Crippen molar-refractivity contribution in [2.75, 3.05) is 0 Å². The van der Waals surface area contributed by atoms with Crippen LogP contribution in [0.15, 0.2) is 32.0 Å². The smallest absolute Gasteiger partial charge is 0.0552 e. The molecule has 0 unspecified atom stereocenters. The van der Waals surface area contributed by atoms with Crippen LogP contribution >= 0.6 is 38.5 Å². The van der Waals surface area contributed by atoms with Gasteiger partial charge in [-0.3, -0.25) is 0 Å². The van der Waals surface area contributed by atoms with E-state index in [2.05, 4.69) is 45.1 Å². The van der Waals surface area contributed by atoms with Crippen LogP contribution in [0.5, 0.6) is 0 Å². The lowest BCUT2D eigenvalue weighted by Gasteiger charge is -2.03. The van der Waals surface area contributed by atoms with Crippen molar-refractivity contribution < 1.29 is 0 Å². The van der Waals surface area contributed by atoms with Gasteiger partial charge in [0, 0.05) is 8.06 Å². The minimum atomic E-state index is 0.864. The second kappa shape index (κ2) is 5.20. The monoisotopic (exact) mass is 353 g/mol. The van der Waals surface area contributed by atoms with Gasteiger partial charge in [0.05, 0.1) is 5.70 Å². The van der Waals surface area contributed by atoms with Gasteiger partial charge < -0.3 is 5.73 Å². The lowest BCUT2D eigenvalue weighted by Crippen LogP contribution is -1.99. The van der Waals surface area contributed by atoms with Gasteiger partial charge in [-0.1, -0.05) is 12.2 Å². The van der Waals surface area contributed by atoms with E-state index in [1.807, 2.05) is 6.08 Å². The summed E-state index contributed by atoms with van der Waals surface area (Å²) in [5, 5.41) is 0. The molecule has 1 aliphatic carbocycles. The quantitative estimate of drug-likeness (QED) is 0.654. The molecule has 0 atom stereocenters. The third-order valence-electron chi connectivity index (χ3n) is 2.02. The van der Waals surface area contributed by atoms with E-state index in [0.29, 0.717) is 0 Å². The van der Waals surface area contributed by atoms with Crippen molar-refractivity contribution in [3.05, 3.63) is 32.0 Å². The van der Waals surface area contributed by atoms with Gasteiger partial charge in [-0.15, -0.1) is 0 Å². The first kappa shape index (κ1) is 11.3. The van der Waals surface area contributed by atoms with E-state index in [4.69, 9.17) is 5.73 Å². The predicted octanol–water partition coefficient (Wildman–Crippen LogP) is 4.00. The highest BCUT2D eigenvalue weighted by molar-refractivity contribution is 14.1. The van der Waals surface area contributed by atoms with Crippen LogP contribution in [0.4, 0.5) is 0 Å². The number of hydrogen-bond donors (Lipinski definition) is 1. The van der Waals surface area contributed by atoms with Crippen LogP contribution in [-0.2, 0) is 0 Å². The summed E-state index contributed by atoms with van der Waals surface area (Å²) < 4.78 is 2.22. The summed E-state index contributed by atoms with van der Waals surface area (Å²) in [4.78, 5) is 0. The molecule has 0 heterocycles. The van der Waals surface area contributed by atoms with E-state index in [0.717, 1.165) is 28.6 Å². The van der Waals surface area contributed by atoms with Gasteiger partial charge in [-0.05, 0) is 70.3 Å². The summed E-state index contributed by atoms with van der Waals surface area (Å²) in [5.74, 6) is 0. The molecule has 0 aliphatic heterocycles. The van der Waals surface area contributed by atoms with Gasteiger partial charge in [0.2, 0.25) is 0 Å². The molecule has 0 spiro atoms. The standard InChI is InChI=1S/C10H13BrIN/c1-7-4-2-3-5-9(12)10(13)8(11)6-7/h6H,1-5,13H2/b8-6+,10-9-. The fourth-order valence-corrected chi connectivity index (χ4v) is 2.83. The van der Waals surface area contributed by atoms with Crippen molar-refractivity contribution in [3.63, 3.8) is 0 Å². The van der Waals surface area contributed by atoms with E-state index in [9.17, 15) is 0 Å². The molecular weight excluding hydrogens is 341 g/mol. The van der Waals surface area contributed by atoms with E-state index in [1.54, 1.807) is 0 Å². The van der Waals surface area contributed by atoms with Crippen molar-refractivity contribution in [3.8, 4) is 0 Å². The Balaban J connectivity index is 2.94. The fraction of sp³-hybridized carbons (Fsp3) is 0.400. The average Bonchev–Trinajstić information content (AvgIpc) is 2.13. The molecule has 0 bridgehead atoms. The largest absolute Gasteiger partial charge is 0.397 e. The van der Waals surface area contributed by atoms with Crippen molar-refractivity contribution in [1.82, 2.24) is 0 Å². The van der Waals surface area contributed by atoms with Crippen LogP contribution in [0.25, 0.3) is 0 Å². The third-order valence-corrected chi connectivity index (χ3v) is 3.80. The zero-order valence-electron chi connectivity index (χ0n) is 7.45. The van der Waals surface area contributed by atoms with Gasteiger partial charge in [-0.25, -0.2) is 0 Å². The van der Waals surface area contributed by atoms with Crippen LogP contribution in [0, 0.1) is 0 Å². The topological polar surface area (TPSA) is 26.0 Å². The van der Waals surface area contributed by atoms with Crippen LogP contribution in [0.1, 0.15) is 25.7 Å². The second-order valence-electron chi connectivity index (χ2n) is 3.18. The molecule has 0 saturated heterocycles. The second-order valence-corrected chi connectivity index (χ2v) is 5.33. The maximum absolute atomic E-state index is 5.94. The highest BCUT2D eigenvalue weighted by Crippen LogP contribution is 2.28. The molecule has 1 rings (SSSR count). The molecule has 0 aromatic heterocycles. The number of hydrogen-bond acceptors (Lipinski definition) is 1. The molecule has 1 nitrogen and oxygen atoms in total. The van der Waals surface area contributed by atoms with Crippen LogP contribution < -0.4 is 5.73 Å². The molecule has 1 aliphatic rings. The Bertz CT molecular complexity index is 279. The summed E-state index contributed by atoms with van der Waals surface area (Å²) in [5.41, 5.74) is 7.96. The Morgan fingerprint density at radius 3 is 2.69 bits per heavy atom. The summed E-state index contributed by atoms with van der Waals surface area (Å²) in [6.45, 7) is 3.98. The van der Waals surface area contributed by atoms with Crippen molar-refractivity contribution in [2.45, 2.75) is 25.7 Å². The Morgan fingerprint density at radius 2 is 2.00 bits per heavy atom. The van der Waals surface area contributed by atoms with E-state index in [-0.39, 0.29) is 0 Å². The zero-order valence-corrected chi connectivity index (χ0v) is 11.2. The first-order valence-electron chi connectivity index (χ1n) is 4.30. The van der Waals surface area contributed by atoms with Gasteiger partial charge in [0.25, 0.3) is 0 Å². The highest BCUT2D eigenvalue weighted by Gasteiger charge is 2.06. The van der Waals surface area contributed by atoms with Crippen LogP contribution in [-0.4, -0.2) is 0 Å². The molecule has 0 amide bonds. The van der Waals surface area contributed by atoms with E-state index >= 15 is 0 Å². The van der Waals surface area contributed by atoms with Gasteiger partial charge >= 0.3 is 0 Å². The molecular formula is C10H13BrIN. The van der Waals surface area contributed by atoms with E-state index in [1.165, 1.54) is 16.4 Å². The first-order valence-corrected chi connectivity index (χ1v) is 6.18. The molecule has 0 aromatic rings. The molecule has 3 heteroatoms. The number of nitrogens with two attached hydrogens (primary N) is 1. The molecule has 13 heavy (non-hydrogen) atoms. The summed E-state index contributed by atoms with van der Waals surface area (Å²) >= 11 is 5.78. The molecule has 72 valence electrons. The first-order chi connectivity index (χ1) is 6.11. The summed E-state index contributed by atoms with van der Waals surface area (Å²) in [6, 6.07) is 0. The minimum absolute atomic E-state index is 0.864. The summed E-state index contributed by atoms with van der Waals surface area (Å²) in [6.07, 6.45) is 6.59. The maximum atomic E-state index is 5.94. The van der Waals surface area contributed by atoms with Crippen molar-refractivity contribution in [1.29, 1.82) is 0 Å². The SMILES string of the molecule is C=C1/C=C(Br)\C(N)=C(\I)CCCC1. The maximum Gasteiger partial charge on any atom is 0.0552 e. The minimum Gasteiger partial charge on any atom is -0.397 e. The zero-order chi connectivity index (χ0) is 9.84. The Labute approximate surface area is 101 Å². The lowest BCUT2D eigenvalue weighted by molar-refractivity contribution is 0.749. The predicted molar refractivity (Wildman–Crippen MR) is 69.9 cm³/mol. The Morgan fingerprint density at radius 1 is 1.38 bits per heavy atom. The van der Waals surface area contributed by atoms with E-state index < -0.39 is 0 Å². The van der Waals surface area contributed by atoms with Gasteiger partial charge in [-0.2, -0.15) is 0 Å². The fourth-order valence-electron chi connectivity index (χ4n) is 1.23. The van der Waals surface area contributed by atoms with Gasteiger partial charge in [0.15, 0.2) is 0 Å². The van der Waals surface area contributed by atoms with Crippen LogP contribution in [0.3, 0.4) is 0 Å². The Hall–Kier alpha value is 0.230. The number of rotatable bonds is 0. The number of allylic oxidation sites excluding steroid dienone is 4. The van der Waals surface area contributed by atoms with Crippen molar-refractivity contribution >= 4 is 38.5 Å². The Kier molecular flexibility index (Phi) is 4.52. The molecule has 0 aromatic carbocycles. The molecule has 2 N–H and O–H groups in total. The molecule has 0 radical (unpaired) electrons. The normalized spacial score (nSPS) is 30.0. The highest BCUT2D eigenvalue weighted by atomic mass is 127. The van der Waals surface area contributed by atoms with Crippen molar-refractivity contribution in [2.24, 2.45) is 5.73 Å². The molecule has 0 fully saturated rings. The van der Waals surface area contributed by atoms with Gasteiger partial charge in [0.1, 0.15) is 0 Å².